The minimum Gasteiger partial charge on any atom is -0.353 e. The van der Waals surface area contributed by atoms with E-state index >= 15 is 0 Å². The summed E-state index contributed by atoms with van der Waals surface area (Å²) in [6.07, 6.45) is 3.64. The van der Waals surface area contributed by atoms with Crippen LogP contribution in [0.1, 0.15) is 19.8 Å². The molecular formula is C13H16FN5. The first-order chi connectivity index (χ1) is 9.28. The van der Waals surface area contributed by atoms with Crippen molar-refractivity contribution in [2.45, 2.75) is 19.8 Å². The number of rotatable bonds is 6. The molecule has 0 aliphatic carbocycles. The monoisotopic (exact) mass is 261 g/mol. The highest BCUT2D eigenvalue weighted by molar-refractivity contribution is 5.55. The van der Waals surface area contributed by atoms with E-state index in [1.54, 1.807) is 12.1 Å². The molecule has 0 saturated carbocycles. The topological polar surface area (TPSA) is 62.7 Å². The van der Waals surface area contributed by atoms with Gasteiger partial charge in [-0.25, -0.2) is 4.39 Å². The van der Waals surface area contributed by atoms with Crippen LogP contribution in [0.3, 0.4) is 0 Å². The molecule has 2 N–H and O–H groups in total. The first-order valence-electron chi connectivity index (χ1n) is 6.24. The summed E-state index contributed by atoms with van der Waals surface area (Å²) in [6, 6.07) is 6.18. The highest BCUT2D eigenvalue weighted by Crippen LogP contribution is 2.15. The second-order valence-electron chi connectivity index (χ2n) is 4.08. The van der Waals surface area contributed by atoms with Gasteiger partial charge >= 0.3 is 0 Å². The molecule has 6 heteroatoms. The molecule has 0 spiro atoms. The van der Waals surface area contributed by atoms with Crippen LogP contribution in [0.2, 0.25) is 0 Å². The normalized spacial score (nSPS) is 10.2. The summed E-state index contributed by atoms with van der Waals surface area (Å²) < 4.78 is 13.1. The summed E-state index contributed by atoms with van der Waals surface area (Å²) in [7, 11) is 0. The highest BCUT2D eigenvalue weighted by Gasteiger charge is 2.01. The third-order valence-corrected chi connectivity index (χ3v) is 2.47. The molecular weight excluding hydrogens is 245 g/mol. The largest absolute Gasteiger partial charge is 0.353 e. The second-order valence-corrected chi connectivity index (χ2v) is 4.08. The molecule has 1 heterocycles. The number of unbranched alkanes of at least 4 members (excludes halogenated alkanes) is 1. The van der Waals surface area contributed by atoms with Gasteiger partial charge in [-0.2, -0.15) is 10.1 Å². The minimum absolute atomic E-state index is 0.298. The van der Waals surface area contributed by atoms with Crippen LogP contribution in [0.5, 0.6) is 0 Å². The van der Waals surface area contributed by atoms with Gasteiger partial charge in [-0.15, -0.1) is 5.10 Å². The lowest BCUT2D eigenvalue weighted by Gasteiger charge is -2.07. The van der Waals surface area contributed by atoms with Gasteiger partial charge in [0.05, 0.1) is 6.20 Å². The maximum Gasteiger partial charge on any atom is 0.244 e. The maximum atomic E-state index is 13.1. The molecule has 2 aromatic rings. The van der Waals surface area contributed by atoms with E-state index in [0.29, 0.717) is 17.5 Å². The van der Waals surface area contributed by atoms with E-state index in [0.717, 1.165) is 19.4 Å². The van der Waals surface area contributed by atoms with E-state index in [9.17, 15) is 4.39 Å². The van der Waals surface area contributed by atoms with Crippen molar-refractivity contribution in [2.24, 2.45) is 0 Å². The molecule has 1 aromatic carbocycles. The Balaban J connectivity index is 2.02. The highest BCUT2D eigenvalue weighted by atomic mass is 19.1. The summed E-state index contributed by atoms with van der Waals surface area (Å²) >= 11 is 0. The quantitative estimate of drug-likeness (QED) is 0.783. The summed E-state index contributed by atoms with van der Waals surface area (Å²) in [5, 5.41) is 13.8. The smallest absolute Gasteiger partial charge is 0.244 e. The van der Waals surface area contributed by atoms with Crippen LogP contribution in [0, 0.1) is 5.82 Å². The van der Waals surface area contributed by atoms with Crippen molar-refractivity contribution in [3.8, 4) is 0 Å². The number of hydrogen-bond donors (Lipinski definition) is 2. The van der Waals surface area contributed by atoms with Gasteiger partial charge in [0, 0.05) is 12.2 Å². The fourth-order valence-corrected chi connectivity index (χ4v) is 1.53. The lowest BCUT2D eigenvalue weighted by Crippen LogP contribution is -2.07. The van der Waals surface area contributed by atoms with E-state index in [1.165, 1.54) is 18.3 Å². The van der Waals surface area contributed by atoms with E-state index in [1.807, 2.05) is 0 Å². The average Bonchev–Trinajstić information content (AvgIpc) is 2.39. The third kappa shape index (κ3) is 4.17. The molecule has 1 aromatic heterocycles. The molecule has 0 aliphatic rings. The summed E-state index contributed by atoms with van der Waals surface area (Å²) in [4.78, 5) is 4.25. The predicted octanol–water partition coefficient (Wildman–Crippen LogP) is 2.97. The van der Waals surface area contributed by atoms with Gasteiger partial charge in [0.1, 0.15) is 5.82 Å². The van der Waals surface area contributed by atoms with E-state index < -0.39 is 0 Å². The van der Waals surface area contributed by atoms with Crippen LogP contribution in [0.25, 0.3) is 0 Å². The second kappa shape index (κ2) is 6.63. The molecule has 19 heavy (non-hydrogen) atoms. The van der Waals surface area contributed by atoms with Gasteiger partial charge in [0.15, 0.2) is 5.82 Å². The van der Waals surface area contributed by atoms with Gasteiger partial charge in [-0.3, -0.25) is 0 Å². The maximum absolute atomic E-state index is 13.1. The van der Waals surface area contributed by atoms with Crippen molar-refractivity contribution in [1.82, 2.24) is 15.2 Å². The van der Waals surface area contributed by atoms with Crippen molar-refractivity contribution >= 4 is 17.5 Å². The molecule has 0 fully saturated rings. The van der Waals surface area contributed by atoms with Crippen molar-refractivity contribution in [3.63, 3.8) is 0 Å². The van der Waals surface area contributed by atoms with Crippen molar-refractivity contribution in [3.05, 3.63) is 36.3 Å². The Morgan fingerprint density at radius 3 is 3.00 bits per heavy atom. The fraction of sp³-hybridized carbons (Fsp3) is 0.308. The van der Waals surface area contributed by atoms with Crippen LogP contribution in [-0.4, -0.2) is 21.7 Å². The molecule has 5 nitrogen and oxygen atoms in total. The molecule has 0 atom stereocenters. The zero-order valence-electron chi connectivity index (χ0n) is 10.7. The molecule has 100 valence electrons. The Kier molecular flexibility index (Phi) is 4.60. The molecule has 0 amide bonds. The number of nitrogens with zero attached hydrogens (tertiary/aromatic N) is 3. The SMILES string of the molecule is CCCCNc1nncc(Nc2cccc(F)c2)n1. The zero-order chi connectivity index (χ0) is 13.5. The van der Waals surface area contributed by atoms with E-state index in [-0.39, 0.29) is 5.82 Å². The van der Waals surface area contributed by atoms with Crippen LogP contribution >= 0.6 is 0 Å². The van der Waals surface area contributed by atoms with Crippen molar-refractivity contribution < 1.29 is 4.39 Å². The minimum atomic E-state index is -0.298. The Labute approximate surface area is 111 Å². The van der Waals surface area contributed by atoms with Crippen LogP contribution < -0.4 is 10.6 Å². The van der Waals surface area contributed by atoms with E-state index in [2.05, 4.69) is 32.7 Å². The number of halogens is 1. The Bertz CT molecular complexity index is 532. The van der Waals surface area contributed by atoms with Gasteiger partial charge in [0.25, 0.3) is 0 Å². The van der Waals surface area contributed by atoms with Crippen LogP contribution in [0.15, 0.2) is 30.5 Å². The summed E-state index contributed by atoms with van der Waals surface area (Å²) in [6.45, 7) is 2.92. The number of hydrogen-bond acceptors (Lipinski definition) is 5. The zero-order valence-corrected chi connectivity index (χ0v) is 10.7. The Morgan fingerprint density at radius 1 is 1.32 bits per heavy atom. The van der Waals surface area contributed by atoms with Crippen LogP contribution in [-0.2, 0) is 0 Å². The number of benzene rings is 1. The molecule has 0 radical (unpaired) electrons. The third-order valence-electron chi connectivity index (χ3n) is 2.47. The van der Waals surface area contributed by atoms with Crippen molar-refractivity contribution in [1.29, 1.82) is 0 Å². The number of anilines is 3. The van der Waals surface area contributed by atoms with Gasteiger partial charge < -0.3 is 10.6 Å². The molecule has 2 rings (SSSR count). The van der Waals surface area contributed by atoms with Crippen LogP contribution in [0.4, 0.5) is 21.8 Å². The van der Waals surface area contributed by atoms with Gasteiger partial charge in [0.2, 0.25) is 5.95 Å². The number of nitrogens with one attached hydrogen (secondary N) is 2. The first kappa shape index (κ1) is 13.2. The standard InChI is InChI=1S/C13H16FN5/c1-2-3-7-15-13-18-12(9-16-19-13)17-11-6-4-5-10(14)8-11/h4-6,8-9H,2-3,7H2,1H3,(H2,15,17,18,19). The molecule has 0 unspecified atom stereocenters. The van der Waals surface area contributed by atoms with Gasteiger partial charge in [-0.05, 0) is 24.6 Å². The fourth-order valence-electron chi connectivity index (χ4n) is 1.53. The summed E-state index contributed by atoms with van der Waals surface area (Å²) in [5.41, 5.74) is 0.625. The van der Waals surface area contributed by atoms with Gasteiger partial charge in [-0.1, -0.05) is 19.4 Å². The lowest BCUT2D eigenvalue weighted by molar-refractivity contribution is 0.628. The first-order valence-corrected chi connectivity index (χ1v) is 6.24. The molecule has 0 saturated heterocycles. The lowest BCUT2D eigenvalue weighted by atomic mass is 10.3. The Hall–Kier alpha value is -2.24. The molecule has 0 aliphatic heterocycles. The average molecular weight is 261 g/mol. The summed E-state index contributed by atoms with van der Waals surface area (Å²) in [5.74, 6) is 0.697. The molecule has 0 bridgehead atoms. The Morgan fingerprint density at radius 2 is 2.21 bits per heavy atom. The predicted molar refractivity (Wildman–Crippen MR) is 72.9 cm³/mol. The van der Waals surface area contributed by atoms with Crippen molar-refractivity contribution in [2.75, 3.05) is 17.2 Å². The van der Waals surface area contributed by atoms with E-state index in [4.69, 9.17) is 0 Å². The number of aromatic nitrogens is 3.